The molecule has 11 heteroatoms. The number of benzene rings is 1. The summed E-state index contributed by atoms with van der Waals surface area (Å²) in [6.45, 7) is 2.32. The molecule has 1 aromatic carbocycles. The minimum atomic E-state index is -0.304. The van der Waals surface area contributed by atoms with Crippen LogP contribution in [0, 0.1) is 0 Å². The van der Waals surface area contributed by atoms with Gasteiger partial charge < -0.3 is 34.5 Å². The summed E-state index contributed by atoms with van der Waals surface area (Å²) in [5, 5.41) is 8.05. The number of urea groups is 1. The lowest BCUT2D eigenvalue weighted by molar-refractivity contribution is 0.0944. The Morgan fingerprint density at radius 2 is 1.67 bits per heavy atom. The van der Waals surface area contributed by atoms with Crippen molar-refractivity contribution in [2.75, 3.05) is 60.1 Å². The van der Waals surface area contributed by atoms with E-state index < -0.39 is 0 Å². The smallest absolute Gasteiger partial charge is 0.322 e. The number of thiazole rings is 1. The largest absolute Gasteiger partial charge is 0.497 e. The normalized spacial score (nSPS) is 10.5. The maximum Gasteiger partial charge on any atom is 0.322 e. The van der Waals surface area contributed by atoms with Gasteiger partial charge in [0.1, 0.15) is 22.2 Å². The molecule has 1 aromatic heterocycles. The Morgan fingerprint density at radius 3 is 2.30 bits per heavy atom. The molecular weight excluding hydrogens is 448 g/mol. The van der Waals surface area contributed by atoms with Gasteiger partial charge >= 0.3 is 6.03 Å². The highest BCUT2D eigenvalue weighted by molar-refractivity contribution is 7.09. The molecule has 10 nitrogen and oxygen atoms in total. The van der Waals surface area contributed by atoms with Gasteiger partial charge in [-0.15, -0.1) is 11.3 Å². The number of nitrogens with one attached hydrogen (secondary N) is 2. The molecule has 182 valence electrons. The molecular formula is C22H32N4O6S. The minimum absolute atomic E-state index is 0.243. The van der Waals surface area contributed by atoms with Crippen molar-refractivity contribution >= 4 is 29.0 Å². The summed E-state index contributed by atoms with van der Waals surface area (Å²) in [6.07, 6.45) is 1.38. The first-order chi connectivity index (χ1) is 16.0. The molecule has 0 aliphatic rings. The molecule has 0 spiro atoms. The number of hydrogen-bond donors (Lipinski definition) is 2. The van der Waals surface area contributed by atoms with Crippen LogP contribution in [0.1, 0.15) is 28.3 Å². The first-order valence-corrected chi connectivity index (χ1v) is 11.4. The van der Waals surface area contributed by atoms with E-state index in [1.54, 1.807) is 56.9 Å². The molecule has 33 heavy (non-hydrogen) atoms. The van der Waals surface area contributed by atoms with E-state index in [1.807, 2.05) is 0 Å². The summed E-state index contributed by atoms with van der Waals surface area (Å²) in [5.74, 6) is 0.890. The highest BCUT2D eigenvalue weighted by Crippen LogP contribution is 2.26. The van der Waals surface area contributed by atoms with E-state index >= 15 is 0 Å². The van der Waals surface area contributed by atoms with E-state index in [0.717, 1.165) is 6.42 Å². The molecule has 1 heterocycles. The molecule has 0 unspecified atom stereocenters. The van der Waals surface area contributed by atoms with Crippen LogP contribution in [0.3, 0.4) is 0 Å². The second-order valence-corrected chi connectivity index (χ2v) is 7.97. The lowest BCUT2D eigenvalue weighted by Gasteiger charge is -2.22. The van der Waals surface area contributed by atoms with Crippen molar-refractivity contribution in [3.05, 3.63) is 34.3 Å². The number of ether oxygens (including phenoxy) is 4. The quantitative estimate of drug-likeness (QED) is 0.400. The van der Waals surface area contributed by atoms with Gasteiger partial charge in [0.2, 0.25) is 0 Å². The molecule has 2 N–H and O–H groups in total. The van der Waals surface area contributed by atoms with E-state index in [2.05, 4.69) is 15.6 Å². The first kappa shape index (κ1) is 26.4. The van der Waals surface area contributed by atoms with Crippen LogP contribution in [0.5, 0.6) is 11.5 Å². The topological polar surface area (TPSA) is 111 Å². The number of rotatable bonds is 14. The van der Waals surface area contributed by atoms with Crippen LogP contribution in [0.2, 0.25) is 0 Å². The SMILES string of the molecule is COCCCNC(=O)c1csc(CN(CCCOC)C(=O)Nc2cc(OC)cc(OC)c2)n1. The van der Waals surface area contributed by atoms with Crippen molar-refractivity contribution < 1.29 is 28.5 Å². The maximum atomic E-state index is 13.0. The van der Waals surface area contributed by atoms with Crippen LogP contribution >= 0.6 is 11.3 Å². The molecule has 0 aliphatic heterocycles. The molecule has 0 saturated carbocycles. The summed E-state index contributed by atoms with van der Waals surface area (Å²) in [7, 11) is 6.33. The average molecular weight is 481 g/mol. The second-order valence-electron chi connectivity index (χ2n) is 7.03. The predicted molar refractivity (Wildman–Crippen MR) is 126 cm³/mol. The summed E-state index contributed by atoms with van der Waals surface area (Å²) in [5.41, 5.74) is 0.880. The van der Waals surface area contributed by atoms with Gasteiger partial charge in [0.15, 0.2) is 0 Å². The third-order valence-corrected chi connectivity index (χ3v) is 5.42. The fourth-order valence-electron chi connectivity index (χ4n) is 2.89. The Bertz CT molecular complexity index is 869. The maximum absolute atomic E-state index is 13.0. The number of methoxy groups -OCH3 is 4. The number of amides is 3. The number of aromatic nitrogens is 1. The van der Waals surface area contributed by atoms with Crippen molar-refractivity contribution in [1.29, 1.82) is 0 Å². The van der Waals surface area contributed by atoms with Gasteiger partial charge in [-0.2, -0.15) is 0 Å². The zero-order valence-corrected chi connectivity index (χ0v) is 20.3. The van der Waals surface area contributed by atoms with Gasteiger partial charge in [-0.1, -0.05) is 0 Å². The van der Waals surface area contributed by atoms with Crippen LogP contribution in [0.25, 0.3) is 0 Å². The van der Waals surface area contributed by atoms with Gasteiger partial charge in [-0.25, -0.2) is 9.78 Å². The van der Waals surface area contributed by atoms with E-state index in [-0.39, 0.29) is 18.5 Å². The highest BCUT2D eigenvalue weighted by atomic mass is 32.1. The molecule has 0 atom stereocenters. The number of anilines is 1. The molecule has 0 saturated heterocycles. The number of carbonyl (C=O) groups excluding carboxylic acids is 2. The van der Waals surface area contributed by atoms with Crippen LogP contribution in [0.15, 0.2) is 23.6 Å². The molecule has 0 aliphatic carbocycles. The number of carbonyl (C=O) groups is 2. The molecule has 2 rings (SSSR count). The van der Waals surface area contributed by atoms with Gasteiger partial charge in [0.25, 0.3) is 5.91 Å². The van der Waals surface area contributed by atoms with E-state index in [4.69, 9.17) is 18.9 Å². The lowest BCUT2D eigenvalue weighted by atomic mass is 10.2. The van der Waals surface area contributed by atoms with E-state index in [1.165, 1.54) is 11.3 Å². The summed E-state index contributed by atoms with van der Waals surface area (Å²) < 4.78 is 20.6. The predicted octanol–water partition coefficient (Wildman–Crippen LogP) is 3.00. The average Bonchev–Trinajstić information content (AvgIpc) is 3.29. The van der Waals surface area contributed by atoms with Gasteiger partial charge in [0, 0.05) is 69.8 Å². The van der Waals surface area contributed by atoms with Crippen molar-refractivity contribution in [3.63, 3.8) is 0 Å². The van der Waals surface area contributed by atoms with Crippen molar-refractivity contribution in [2.45, 2.75) is 19.4 Å². The minimum Gasteiger partial charge on any atom is -0.497 e. The van der Waals surface area contributed by atoms with Crippen LogP contribution in [-0.2, 0) is 16.0 Å². The Balaban J connectivity index is 2.06. The fourth-order valence-corrected chi connectivity index (χ4v) is 3.68. The van der Waals surface area contributed by atoms with Gasteiger partial charge in [-0.3, -0.25) is 4.79 Å². The van der Waals surface area contributed by atoms with Crippen LogP contribution in [0.4, 0.5) is 10.5 Å². The molecule has 0 fully saturated rings. The van der Waals surface area contributed by atoms with Crippen molar-refractivity contribution in [2.24, 2.45) is 0 Å². The van der Waals surface area contributed by atoms with E-state index in [9.17, 15) is 9.59 Å². The summed E-state index contributed by atoms with van der Waals surface area (Å²) in [4.78, 5) is 31.3. The third-order valence-electron chi connectivity index (χ3n) is 4.59. The first-order valence-electron chi connectivity index (χ1n) is 10.5. The van der Waals surface area contributed by atoms with Crippen LogP contribution < -0.4 is 20.1 Å². The third kappa shape index (κ3) is 8.87. The standard InChI is InChI=1S/C22H32N4O6S/c1-29-9-5-7-23-21(27)19-15-33-20(25-19)14-26(8-6-10-30-2)22(28)24-16-11-17(31-3)13-18(12-16)32-4/h11-13,15H,5-10,14H2,1-4H3,(H,23,27)(H,24,28). The Hall–Kier alpha value is -2.89. The Kier molecular flexibility index (Phi) is 11.4. The van der Waals surface area contributed by atoms with Crippen LogP contribution in [-0.4, -0.2) is 76.6 Å². The van der Waals surface area contributed by atoms with Crippen molar-refractivity contribution in [1.82, 2.24) is 15.2 Å². The fraction of sp³-hybridized carbons (Fsp3) is 0.500. The Morgan fingerprint density at radius 1 is 1.00 bits per heavy atom. The van der Waals surface area contributed by atoms with E-state index in [0.29, 0.717) is 60.6 Å². The van der Waals surface area contributed by atoms with Gasteiger partial charge in [0.05, 0.1) is 20.8 Å². The second kappa shape index (κ2) is 14.3. The highest BCUT2D eigenvalue weighted by Gasteiger charge is 2.18. The molecule has 0 bridgehead atoms. The molecule has 2 aromatic rings. The Labute approximate surface area is 198 Å². The molecule has 3 amide bonds. The zero-order valence-electron chi connectivity index (χ0n) is 19.5. The van der Waals surface area contributed by atoms with Crippen molar-refractivity contribution in [3.8, 4) is 11.5 Å². The van der Waals surface area contributed by atoms with Gasteiger partial charge in [-0.05, 0) is 12.8 Å². The summed E-state index contributed by atoms with van der Waals surface area (Å²) >= 11 is 1.34. The lowest BCUT2D eigenvalue weighted by Crippen LogP contribution is -2.35. The summed E-state index contributed by atoms with van der Waals surface area (Å²) in [6, 6.07) is 4.85. The number of nitrogens with zero attached hydrogens (tertiary/aromatic N) is 2. The zero-order chi connectivity index (χ0) is 24.1. The number of hydrogen-bond acceptors (Lipinski definition) is 8. The monoisotopic (exact) mass is 480 g/mol. The molecule has 0 radical (unpaired) electrons.